The van der Waals surface area contributed by atoms with Crippen LogP contribution < -0.4 is 5.73 Å². The first-order chi connectivity index (χ1) is 7.04. The predicted octanol–water partition coefficient (Wildman–Crippen LogP) is 1.77. The molecule has 0 rings (SSSR count). The Morgan fingerprint density at radius 3 is 2.06 bits per heavy atom. The highest BCUT2D eigenvalue weighted by molar-refractivity contribution is 5.86. The molecule has 96 valence electrons. The average Bonchev–Trinajstić information content (AvgIpc) is 2.10. The zero-order valence-corrected chi connectivity index (χ0v) is 10.1. The van der Waals surface area contributed by atoms with Crippen molar-refractivity contribution < 1.29 is 18.0 Å². The second kappa shape index (κ2) is 5.03. The molecular weight excluding hydrogens is 221 g/mol. The minimum absolute atomic E-state index is 0.105. The Morgan fingerprint density at radius 2 is 1.81 bits per heavy atom. The summed E-state index contributed by atoms with van der Waals surface area (Å²) in [6.45, 7) is 6.50. The van der Waals surface area contributed by atoms with Crippen molar-refractivity contribution in [1.82, 2.24) is 4.90 Å². The van der Waals surface area contributed by atoms with E-state index in [1.165, 1.54) is 0 Å². The van der Waals surface area contributed by atoms with Crippen LogP contribution in [0.2, 0.25) is 0 Å². The van der Waals surface area contributed by atoms with Gasteiger partial charge >= 0.3 is 6.18 Å². The van der Waals surface area contributed by atoms with Gasteiger partial charge in [-0.3, -0.25) is 4.79 Å². The lowest BCUT2D eigenvalue weighted by Crippen LogP contribution is -2.62. The highest BCUT2D eigenvalue weighted by Gasteiger charge is 2.55. The van der Waals surface area contributed by atoms with Gasteiger partial charge in [-0.1, -0.05) is 13.8 Å². The molecule has 0 fully saturated rings. The van der Waals surface area contributed by atoms with Gasteiger partial charge in [0.05, 0.1) is 0 Å². The molecule has 0 bridgehead atoms. The standard InChI is InChI=1S/C10H19F3N2O/c1-5-15(6-7(2)3)8(16)9(4,14)10(11,12)13/h7H,5-6,14H2,1-4H3. The molecule has 0 radical (unpaired) electrons. The molecule has 3 nitrogen and oxygen atoms in total. The number of nitrogens with two attached hydrogens (primary N) is 1. The summed E-state index contributed by atoms with van der Waals surface area (Å²) in [4.78, 5) is 12.8. The van der Waals surface area contributed by atoms with Crippen molar-refractivity contribution in [2.75, 3.05) is 13.1 Å². The Hall–Kier alpha value is -0.780. The molecule has 1 atom stereocenters. The van der Waals surface area contributed by atoms with E-state index in [2.05, 4.69) is 0 Å². The highest BCUT2D eigenvalue weighted by Crippen LogP contribution is 2.29. The second-order valence-corrected chi connectivity index (χ2v) is 4.44. The Bertz CT molecular complexity index is 249. The van der Waals surface area contributed by atoms with Gasteiger partial charge in [-0.05, 0) is 19.8 Å². The maximum Gasteiger partial charge on any atom is 0.415 e. The lowest BCUT2D eigenvalue weighted by Gasteiger charge is -2.33. The van der Waals surface area contributed by atoms with Gasteiger partial charge in [0.1, 0.15) is 0 Å². The number of hydrogen-bond acceptors (Lipinski definition) is 2. The summed E-state index contributed by atoms with van der Waals surface area (Å²) in [5.41, 5.74) is 2.27. The van der Waals surface area contributed by atoms with E-state index in [9.17, 15) is 18.0 Å². The van der Waals surface area contributed by atoms with E-state index in [0.29, 0.717) is 6.92 Å². The molecule has 0 heterocycles. The van der Waals surface area contributed by atoms with E-state index in [1.54, 1.807) is 6.92 Å². The number of rotatable bonds is 4. The average molecular weight is 240 g/mol. The van der Waals surface area contributed by atoms with Crippen LogP contribution in [0.5, 0.6) is 0 Å². The molecule has 0 saturated heterocycles. The van der Waals surface area contributed by atoms with Gasteiger partial charge in [0.2, 0.25) is 0 Å². The molecule has 6 heteroatoms. The lowest BCUT2D eigenvalue weighted by molar-refractivity contribution is -0.193. The first kappa shape index (κ1) is 15.2. The third kappa shape index (κ3) is 3.37. The Labute approximate surface area is 93.8 Å². The number of carbonyl (C=O) groups is 1. The van der Waals surface area contributed by atoms with Crippen LogP contribution in [0, 0.1) is 5.92 Å². The normalized spacial score (nSPS) is 16.1. The van der Waals surface area contributed by atoms with Crippen molar-refractivity contribution >= 4 is 5.91 Å². The minimum Gasteiger partial charge on any atom is -0.341 e. The molecule has 0 aliphatic heterocycles. The van der Waals surface area contributed by atoms with Crippen LogP contribution in [0.1, 0.15) is 27.7 Å². The molecule has 0 spiro atoms. The SMILES string of the molecule is CCN(CC(C)C)C(=O)C(C)(N)C(F)(F)F. The molecule has 0 aromatic carbocycles. The first-order valence-electron chi connectivity index (χ1n) is 5.19. The summed E-state index contributed by atoms with van der Waals surface area (Å²) >= 11 is 0. The number of carbonyl (C=O) groups excluding carboxylic acids is 1. The summed E-state index contributed by atoms with van der Waals surface area (Å²) < 4.78 is 37.6. The largest absolute Gasteiger partial charge is 0.415 e. The summed E-state index contributed by atoms with van der Waals surface area (Å²) in [5.74, 6) is -0.968. The van der Waals surface area contributed by atoms with Crippen LogP contribution in [0.25, 0.3) is 0 Å². The van der Waals surface area contributed by atoms with E-state index in [1.807, 2.05) is 13.8 Å². The topological polar surface area (TPSA) is 46.3 Å². The van der Waals surface area contributed by atoms with E-state index in [0.717, 1.165) is 4.90 Å². The van der Waals surface area contributed by atoms with Gasteiger partial charge in [0.25, 0.3) is 5.91 Å². The maximum absolute atomic E-state index is 12.5. The van der Waals surface area contributed by atoms with Crippen molar-refractivity contribution in [3.8, 4) is 0 Å². The van der Waals surface area contributed by atoms with Gasteiger partial charge in [-0.2, -0.15) is 13.2 Å². The zero-order chi connectivity index (χ0) is 13.1. The van der Waals surface area contributed by atoms with E-state index in [-0.39, 0.29) is 19.0 Å². The molecule has 0 aromatic heterocycles. The number of amides is 1. The first-order valence-corrected chi connectivity index (χ1v) is 5.19. The summed E-state index contributed by atoms with van der Waals surface area (Å²) in [6.07, 6.45) is -4.73. The molecule has 2 N–H and O–H groups in total. The number of nitrogens with zero attached hydrogens (tertiary/aromatic N) is 1. The third-order valence-electron chi connectivity index (χ3n) is 2.29. The number of halogens is 3. The van der Waals surface area contributed by atoms with Gasteiger partial charge in [-0.15, -0.1) is 0 Å². The van der Waals surface area contributed by atoms with E-state index < -0.39 is 17.6 Å². The smallest absolute Gasteiger partial charge is 0.341 e. The molecule has 1 amide bonds. The fourth-order valence-electron chi connectivity index (χ4n) is 1.25. The number of alkyl halides is 3. The Morgan fingerprint density at radius 1 is 1.38 bits per heavy atom. The van der Waals surface area contributed by atoms with Crippen LogP contribution in [0.4, 0.5) is 13.2 Å². The number of likely N-dealkylation sites (N-methyl/N-ethyl adjacent to an activating group) is 1. The summed E-state index contributed by atoms with van der Waals surface area (Å²) in [7, 11) is 0. The van der Waals surface area contributed by atoms with Gasteiger partial charge in [0.15, 0.2) is 5.54 Å². The fourth-order valence-corrected chi connectivity index (χ4v) is 1.25. The zero-order valence-electron chi connectivity index (χ0n) is 10.1. The van der Waals surface area contributed by atoms with Gasteiger partial charge in [0, 0.05) is 13.1 Å². The van der Waals surface area contributed by atoms with Crippen LogP contribution in [0.15, 0.2) is 0 Å². The Balaban J connectivity index is 4.88. The molecular formula is C10H19F3N2O. The molecule has 1 unspecified atom stereocenters. The van der Waals surface area contributed by atoms with E-state index >= 15 is 0 Å². The van der Waals surface area contributed by atoms with Crippen LogP contribution in [0.3, 0.4) is 0 Å². The quantitative estimate of drug-likeness (QED) is 0.814. The van der Waals surface area contributed by atoms with Crippen molar-refractivity contribution in [2.45, 2.75) is 39.4 Å². The van der Waals surface area contributed by atoms with Crippen molar-refractivity contribution in [2.24, 2.45) is 11.7 Å². The molecule has 0 aliphatic carbocycles. The van der Waals surface area contributed by atoms with Crippen molar-refractivity contribution in [3.63, 3.8) is 0 Å². The van der Waals surface area contributed by atoms with Gasteiger partial charge in [-0.25, -0.2) is 0 Å². The lowest BCUT2D eigenvalue weighted by atomic mass is 10.0. The van der Waals surface area contributed by atoms with E-state index in [4.69, 9.17) is 5.73 Å². The fraction of sp³-hybridized carbons (Fsp3) is 0.900. The molecule has 0 saturated carbocycles. The highest BCUT2D eigenvalue weighted by atomic mass is 19.4. The predicted molar refractivity (Wildman–Crippen MR) is 55.7 cm³/mol. The number of hydrogen-bond donors (Lipinski definition) is 1. The minimum atomic E-state index is -4.73. The summed E-state index contributed by atoms with van der Waals surface area (Å²) in [5, 5.41) is 0. The van der Waals surface area contributed by atoms with Crippen molar-refractivity contribution in [3.05, 3.63) is 0 Å². The Kier molecular flexibility index (Phi) is 4.79. The van der Waals surface area contributed by atoms with Crippen LogP contribution in [-0.4, -0.2) is 35.6 Å². The second-order valence-electron chi connectivity index (χ2n) is 4.44. The maximum atomic E-state index is 12.5. The molecule has 16 heavy (non-hydrogen) atoms. The molecule has 0 aromatic rings. The third-order valence-corrected chi connectivity index (χ3v) is 2.29. The van der Waals surface area contributed by atoms with Crippen LogP contribution >= 0.6 is 0 Å². The van der Waals surface area contributed by atoms with Gasteiger partial charge < -0.3 is 10.6 Å². The summed E-state index contributed by atoms with van der Waals surface area (Å²) in [6, 6.07) is 0. The monoisotopic (exact) mass is 240 g/mol. The van der Waals surface area contributed by atoms with Crippen LogP contribution in [-0.2, 0) is 4.79 Å². The molecule has 0 aliphatic rings. The van der Waals surface area contributed by atoms with Crippen molar-refractivity contribution in [1.29, 1.82) is 0 Å².